The molecule has 1 aromatic rings. The zero-order valence-electron chi connectivity index (χ0n) is 9.78. The smallest absolute Gasteiger partial charge is 0.263 e. The van der Waals surface area contributed by atoms with E-state index in [0.717, 1.165) is 30.0 Å². The van der Waals surface area contributed by atoms with Crippen LogP contribution in [-0.4, -0.2) is 30.6 Å². The van der Waals surface area contributed by atoms with Crippen molar-refractivity contribution in [3.8, 4) is 0 Å². The predicted octanol–water partition coefficient (Wildman–Crippen LogP) is 1.86. The van der Waals surface area contributed by atoms with Crippen molar-refractivity contribution in [2.75, 3.05) is 19.8 Å². The minimum Gasteiger partial charge on any atom is -0.382 e. The summed E-state index contributed by atoms with van der Waals surface area (Å²) in [7, 11) is 0. The average Bonchev–Trinajstić information content (AvgIpc) is 2.76. The first-order valence-electron chi connectivity index (χ1n) is 5.57. The molecule has 1 N–H and O–H groups in total. The second-order valence-electron chi connectivity index (χ2n) is 3.29. The highest BCUT2D eigenvalue weighted by Crippen LogP contribution is 2.13. The molecule has 0 spiro atoms. The molecule has 0 aromatic carbocycles. The van der Waals surface area contributed by atoms with E-state index < -0.39 is 0 Å². The summed E-state index contributed by atoms with van der Waals surface area (Å²) in [6.07, 6.45) is 1.64. The van der Waals surface area contributed by atoms with Crippen LogP contribution in [-0.2, 0) is 11.2 Å². The summed E-state index contributed by atoms with van der Waals surface area (Å²) < 4.78 is 5.19. The maximum atomic E-state index is 11.7. The number of amides is 1. The lowest BCUT2D eigenvalue weighted by atomic mass is 10.3. The Bertz CT molecular complexity index is 326. The van der Waals surface area contributed by atoms with Crippen LogP contribution in [0, 0.1) is 0 Å². The molecule has 0 atom stereocenters. The van der Waals surface area contributed by atoms with Crippen LogP contribution in [0.15, 0.2) is 5.51 Å². The van der Waals surface area contributed by atoms with Crippen molar-refractivity contribution in [2.45, 2.75) is 26.7 Å². The standard InChI is InChI=1S/C11H18N2O2S/c1-3-9-10(16-8-13-9)11(14)12-6-5-7-15-4-2/h8H,3-7H2,1-2H3,(H,12,14). The normalized spacial score (nSPS) is 10.4. The lowest BCUT2D eigenvalue weighted by molar-refractivity contribution is 0.0947. The topological polar surface area (TPSA) is 51.2 Å². The third kappa shape index (κ3) is 3.90. The van der Waals surface area contributed by atoms with Crippen molar-refractivity contribution >= 4 is 17.2 Å². The molecule has 0 bridgehead atoms. The summed E-state index contributed by atoms with van der Waals surface area (Å²) in [5.74, 6) is -0.0177. The first-order valence-corrected chi connectivity index (χ1v) is 6.45. The molecule has 90 valence electrons. The molecule has 5 heteroatoms. The van der Waals surface area contributed by atoms with E-state index in [1.54, 1.807) is 5.51 Å². The van der Waals surface area contributed by atoms with Crippen molar-refractivity contribution < 1.29 is 9.53 Å². The van der Waals surface area contributed by atoms with E-state index in [1.165, 1.54) is 11.3 Å². The molecular weight excluding hydrogens is 224 g/mol. The van der Waals surface area contributed by atoms with Crippen LogP contribution >= 0.6 is 11.3 Å². The molecule has 0 radical (unpaired) electrons. The van der Waals surface area contributed by atoms with E-state index in [4.69, 9.17) is 4.74 Å². The van der Waals surface area contributed by atoms with Crippen molar-refractivity contribution in [1.82, 2.24) is 10.3 Å². The summed E-state index contributed by atoms with van der Waals surface area (Å²) in [4.78, 5) is 16.6. The van der Waals surface area contributed by atoms with E-state index in [9.17, 15) is 4.79 Å². The molecule has 1 aromatic heterocycles. The highest BCUT2D eigenvalue weighted by atomic mass is 32.1. The number of rotatable bonds is 7. The van der Waals surface area contributed by atoms with Gasteiger partial charge < -0.3 is 10.1 Å². The highest BCUT2D eigenvalue weighted by Gasteiger charge is 2.12. The Hall–Kier alpha value is -0.940. The van der Waals surface area contributed by atoms with Crippen LogP contribution in [0.3, 0.4) is 0 Å². The summed E-state index contributed by atoms with van der Waals surface area (Å²) in [5, 5.41) is 2.87. The molecular formula is C11H18N2O2S. The van der Waals surface area contributed by atoms with Gasteiger partial charge in [-0.05, 0) is 19.8 Å². The highest BCUT2D eigenvalue weighted by molar-refractivity contribution is 7.11. The number of carbonyl (C=O) groups is 1. The third-order valence-corrected chi connectivity index (χ3v) is 3.00. The number of nitrogens with one attached hydrogen (secondary N) is 1. The monoisotopic (exact) mass is 242 g/mol. The maximum absolute atomic E-state index is 11.7. The van der Waals surface area contributed by atoms with Gasteiger partial charge in [0.25, 0.3) is 5.91 Å². The Kier molecular flexibility index (Phi) is 6.03. The van der Waals surface area contributed by atoms with Gasteiger partial charge >= 0.3 is 0 Å². The van der Waals surface area contributed by atoms with Gasteiger partial charge in [-0.1, -0.05) is 6.92 Å². The molecule has 4 nitrogen and oxygen atoms in total. The zero-order chi connectivity index (χ0) is 11.8. The first kappa shape index (κ1) is 13.1. The fourth-order valence-corrected chi connectivity index (χ4v) is 2.10. The molecule has 1 rings (SSSR count). The predicted molar refractivity (Wildman–Crippen MR) is 64.9 cm³/mol. The van der Waals surface area contributed by atoms with Gasteiger partial charge in [0.2, 0.25) is 0 Å². The van der Waals surface area contributed by atoms with Crippen LogP contribution in [0.5, 0.6) is 0 Å². The Morgan fingerprint density at radius 2 is 2.38 bits per heavy atom. The van der Waals surface area contributed by atoms with Gasteiger partial charge in [-0.15, -0.1) is 11.3 Å². The molecule has 1 amide bonds. The van der Waals surface area contributed by atoms with Crippen LogP contribution in [0.1, 0.15) is 35.6 Å². The van der Waals surface area contributed by atoms with E-state index >= 15 is 0 Å². The fourth-order valence-electron chi connectivity index (χ4n) is 1.31. The number of carbonyl (C=O) groups excluding carboxylic acids is 1. The maximum Gasteiger partial charge on any atom is 0.263 e. The van der Waals surface area contributed by atoms with Crippen molar-refractivity contribution in [2.24, 2.45) is 0 Å². The number of aryl methyl sites for hydroxylation is 1. The minimum atomic E-state index is -0.0177. The summed E-state index contributed by atoms with van der Waals surface area (Å²) in [6.45, 7) is 6.03. The van der Waals surface area contributed by atoms with Gasteiger partial charge in [0, 0.05) is 19.8 Å². The van der Waals surface area contributed by atoms with Crippen molar-refractivity contribution in [3.63, 3.8) is 0 Å². The number of nitrogens with zero attached hydrogens (tertiary/aromatic N) is 1. The second-order valence-corrected chi connectivity index (χ2v) is 4.14. The summed E-state index contributed by atoms with van der Waals surface area (Å²) in [5.41, 5.74) is 2.60. The Morgan fingerprint density at radius 1 is 1.56 bits per heavy atom. The zero-order valence-corrected chi connectivity index (χ0v) is 10.6. The summed E-state index contributed by atoms with van der Waals surface area (Å²) in [6, 6.07) is 0. The third-order valence-electron chi connectivity index (χ3n) is 2.14. The number of hydrogen-bond acceptors (Lipinski definition) is 4. The molecule has 0 aliphatic carbocycles. The second kappa shape index (κ2) is 7.35. The summed E-state index contributed by atoms with van der Waals surface area (Å²) >= 11 is 1.40. The van der Waals surface area contributed by atoms with E-state index in [2.05, 4.69) is 10.3 Å². The Morgan fingerprint density at radius 3 is 3.06 bits per heavy atom. The van der Waals surface area contributed by atoms with Gasteiger partial charge in [0.15, 0.2) is 0 Å². The van der Waals surface area contributed by atoms with E-state index in [0.29, 0.717) is 13.2 Å². The molecule has 0 aliphatic rings. The molecule has 0 fully saturated rings. The Balaban J connectivity index is 2.30. The Labute approximate surface area is 100 Å². The van der Waals surface area contributed by atoms with Crippen molar-refractivity contribution in [1.29, 1.82) is 0 Å². The molecule has 1 heterocycles. The largest absolute Gasteiger partial charge is 0.382 e. The van der Waals surface area contributed by atoms with Crippen LogP contribution in [0.2, 0.25) is 0 Å². The van der Waals surface area contributed by atoms with E-state index in [-0.39, 0.29) is 5.91 Å². The number of aromatic nitrogens is 1. The molecule has 0 aliphatic heterocycles. The minimum absolute atomic E-state index is 0.0177. The molecule has 0 unspecified atom stereocenters. The van der Waals surface area contributed by atoms with Gasteiger partial charge in [0.05, 0.1) is 11.2 Å². The fraction of sp³-hybridized carbons (Fsp3) is 0.636. The van der Waals surface area contributed by atoms with Gasteiger partial charge in [-0.25, -0.2) is 4.98 Å². The quantitative estimate of drug-likeness (QED) is 0.743. The van der Waals surface area contributed by atoms with Gasteiger partial charge in [0.1, 0.15) is 4.88 Å². The van der Waals surface area contributed by atoms with Gasteiger partial charge in [-0.3, -0.25) is 4.79 Å². The van der Waals surface area contributed by atoms with Crippen LogP contribution in [0.4, 0.5) is 0 Å². The molecule has 16 heavy (non-hydrogen) atoms. The number of thiazole rings is 1. The molecule has 0 saturated carbocycles. The van der Waals surface area contributed by atoms with Crippen LogP contribution in [0.25, 0.3) is 0 Å². The lowest BCUT2D eigenvalue weighted by Crippen LogP contribution is -2.25. The SMILES string of the molecule is CCOCCCNC(=O)c1scnc1CC. The van der Waals surface area contributed by atoms with Crippen LogP contribution < -0.4 is 5.32 Å². The number of hydrogen-bond donors (Lipinski definition) is 1. The molecule has 0 saturated heterocycles. The van der Waals surface area contributed by atoms with E-state index in [1.807, 2.05) is 13.8 Å². The first-order chi connectivity index (χ1) is 7.79. The van der Waals surface area contributed by atoms with Gasteiger partial charge in [-0.2, -0.15) is 0 Å². The number of ether oxygens (including phenoxy) is 1. The lowest BCUT2D eigenvalue weighted by Gasteiger charge is -2.04. The van der Waals surface area contributed by atoms with Crippen molar-refractivity contribution in [3.05, 3.63) is 16.1 Å². The average molecular weight is 242 g/mol.